The van der Waals surface area contributed by atoms with Crippen molar-refractivity contribution in [3.8, 4) is 5.75 Å². The SMILES string of the molecule is COc1ccc(Nc2cnnc(N3CCOCC3)n2)cc1Cl. The smallest absolute Gasteiger partial charge is 0.247 e. The predicted molar refractivity (Wildman–Crippen MR) is 84.1 cm³/mol. The maximum absolute atomic E-state index is 6.11. The Hall–Kier alpha value is -2.12. The molecule has 1 N–H and O–H groups in total. The van der Waals surface area contributed by atoms with Crippen LogP contribution >= 0.6 is 11.6 Å². The van der Waals surface area contributed by atoms with Crippen molar-refractivity contribution in [3.05, 3.63) is 29.4 Å². The van der Waals surface area contributed by atoms with E-state index in [2.05, 4.69) is 20.5 Å². The number of halogens is 1. The predicted octanol–water partition coefficient (Wildman–Crippen LogP) is 2.11. The minimum atomic E-state index is 0.530. The topological polar surface area (TPSA) is 72.4 Å². The number of hydrogen-bond donors (Lipinski definition) is 1. The van der Waals surface area contributed by atoms with Crippen molar-refractivity contribution in [1.29, 1.82) is 0 Å². The number of benzene rings is 1. The number of rotatable bonds is 4. The Morgan fingerprint density at radius 2 is 2.14 bits per heavy atom. The number of ether oxygens (including phenoxy) is 2. The van der Waals surface area contributed by atoms with Gasteiger partial charge in [-0.25, -0.2) is 0 Å². The third-order valence-corrected chi connectivity index (χ3v) is 3.56. The van der Waals surface area contributed by atoms with E-state index in [0.717, 1.165) is 18.8 Å². The minimum Gasteiger partial charge on any atom is -0.495 e. The molecule has 1 aliphatic rings. The van der Waals surface area contributed by atoms with Gasteiger partial charge in [0.2, 0.25) is 5.95 Å². The summed E-state index contributed by atoms with van der Waals surface area (Å²) in [6.07, 6.45) is 1.57. The fraction of sp³-hybridized carbons (Fsp3) is 0.357. The first-order valence-corrected chi connectivity index (χ1v) is 7.27. The number of morpholine rings is 1. The molecule has 0 atom stereocenters. The fourth-order valence-electron chi connectivity index (χ4n) is 2.14. The highest BCUT2D eigenvalue weighted by Gasteiger charge is 2.14. The van der Waals surface area contributed by atoms with Crippen molar-refractivity contribution in [2.45, 2.75) is 0 Å². The van der Waals surface area contributed by atoms with Crippen LogP contribution in [-0.2, 0) is 4.74 Å². The monoisotopic (exact) mass is 321 g/mol. The molecule has 22 heavy (non-hydrogen) atoms. The lowest BCUT2D eigenvalue weighted by Crippen LogP contribution is -2.37. The summed E-state index contributed by atoms with van der Waals surface area (Å²) in [6.45, 7) is 2.88. The summed E-state index contributed by atoms with van der Waals surface area (Å²) in [5, 5.41) is 11.8. The number of nitrogens with one attached hydrogen (secondary N) is 1. The third kappa shape index (κ3) is 3.37. The lowest BCUT2D eigenvalue weighted by Gasteiger charge is -2.26. The summed E-state index contributed by atoms with van der Waals surface area (Å²) in [7, 11) is 1.58. The van der Waals surface area contributed by atoms with Crippen LogP contribution in [0.1, 0.15) is 0 Å². The van der Waals surface area contributed by atoms with Gasteiger partial charge in [-0.3, -0.25) is 0 Å². The Balaban J connectivity index is 1.76. The van der Waals surface area contributed by atoms with Crippen LogP contribution in [0.4, 0.5) is 17.5 Å². The van der Waals surface area contributed by atoms with Gasteiger partial charge < -0.3 is 19.7 Å². The number of anilines is 3. The molecule has 116 valence electrons. The zero-order valence-corrected chi connectivity index (χ0v) is 12.9. The lowest BCUT2D eigenvalue weighted by atomic mass is 10.3. The summed E-state index contributed by atoms with van der Waals surface area (Å²) >= 11 is 6.11. The number of aromatic nitrogens is 3. The second-order valence-corrected chi connectivity index (χ2v) is 5.12. The molecule has 1 aromatic carbocycles. The first kappa shape index (κ1) is 14.8. The molecule has 2 heterocycles. The zero-order valence-electron chi connectivity index (χ0n) is 12.1. The molecule has 1 saturated heterocycles. The van der Waals surface area contributed by atoms with Crippen LogP contribution in [0.25, 0.3) is 0 Å². The molecule has 0 spiro atoms. The van der Waals surface area contributed by atoms with E-state index >= 15 is 0 Å². The van der Waals surface area contributed by atoms with Gasteiger partial charge in [0.1, 0.15) is 5.75 Å². The van der Waals surface area contributed by atoms with Crippen LogP contribution in [0.5, 0.6) is 5.75 Å². The second kappa shape index (κ2) is 6.76. The van der Waals surface area contributed by atoms with Gasteiger partial charge in [-0.15, -0.1) is 5.10 Å². The molecule has 0 bridgehead atoms. The molecule has 1 aliphatic heterocycles. The molecule has 7 nitrogen and oxygen atoms in total. The molecule has 3 rings (SSSR count). The molecule has 1 aromatic heterocycles. The molecule has 2 aromatic rings. The maximum atomic E-state index is 6.11. The van der Waals surface area contributed by atoms with Crippen LogP contribution in [0.15, 0.2) is 24.4 Å². The number of methoxy groups -OCH3 is 1. The van der Waals surface area contributed by atoms with E-state index in [0.29, 0.717) is 35.8 Å². The molecule has 0 amide bonds. The Bertz CT molecular complexity index is 649. The molecule has 0 aliphatic carbocycles. The largest absolute Gasteiger partial charge is 0.495 e. The summed E-state index contributed by atoms with van der Waals surface area (Å²) in [5.74, 6) is 1.83. The van der Waals surface area contributed by atoms with Gasteiger partial charge in [0.15, 0.2) is 5.82 Å². The van der Waals surface area contributed by atoms with E-state index in [1.807, 2.05) is 11.0 Å². The highest BCUT2D eigenvalue weighted by molar-refractivity contribution is 6.32. The average molecular weight is 322 g/mol. The molecule has 0 unspecified atom stereocenters. The highest BCUT2D eigenvalue weighted by atomic mass is 35.5. The standard InChI is InChI=1S/C14H16ClN5O2/c1-21-12-3-2-10(8-11(12)15)17-13-9-16-19-14(18-13)20-4-6-22-7-5-20/h2-3,8-9H,4-7H2,1H3,(H,17,18,19). The molecular weight excluding hydrogens is 306 g/mol. The number of nitrogens with zero attached hydrogens (tertiary/aromatic N) is 4. The Kier molecular flexibility index (Phi) is 4.55. The second-order valence-electron chi connectivity index (χ2n) is 4.72. The van der Waals surface area contributed by atoms with Crippen molar-refractivity contribution >= 4 is 29.1 Å². The van der Waals surface area contributed by atoms with E-state index < -0.39 is 0 Å². The fourth-order valence-corrected chi connectivity index (χ4v) is 2.40. The lowest BCUT2D eigenvalue weighted by molar-refractivity contribution is 0.122. The molecule has 0 radical (unpaired) electrons. The van der Waals surface area contributed by atoms with E-state index in [4.69, 9.17) is 21.1 Å². The van der Waals surface area contributed by atoms with Crippen LogP contribution in [0, 0.1) is 0 Å². The van der Waals surface area contributed by atoms with Crippen LogP contribution in [0.2, 0.25) is 5.02 Å². The van der Waals surface area contributed by atoms with Crippen LogP contribution in [0.3, 0.4) is 0 Å². The zero-order chi connectivity index (χ0) is 15.4. The quantitative estimate of drug-likeness (QED) is 0.924. The Labute approximate surface area is 133 Å². The summed E-state index contributed by atoms with van der Waals surface area (Å²) in [5.41, 5.74) is 0.805. The minimum absolute atomic E-state index is 0.530. The summed E-state index contributed by atoms with van der Waals surface area (Å²) in [4.78, 5) is 6.52. The van der Waals surface area contributed by atoms with Crippen LogP contribution < -0.4 is 15.0 Å². The summed E-state index contributed by atoms with van der Waals surface area (Å²) < 4.78 is 10.5. The Morgan fingerprint density at radius 3 is 2.86 bits per heavy atom. The van der Waals surface area contributed by atoms with Gasteiger partial charge in [0, 0.05) is 18.8 Å². The summed E-state index contributed by atoms with van der Waals surface area (Å²) in [6, 6.07) is 5.43. The Morgan fingerprint density at radius 1 is 1.32 bits per heavy atom. The van der Waals surface area contributed by atoms with Crippen molar-refractivity contribution in [1.82, 2.24) is 15.2 Å². The van der Waals surface area contributed by atoms with E-state index in [1.54, 1.807) is 25.4 Å². The van der Waals surface area contributed by atoms with Gasteiger partial charge in [0.25, 0.3) is 0 Å². The first-order valence-electron chi connectivity index (χ1n) is 6.89. The van der Waals surface area contributed by atoms with E-state index in [-0.39, 0.29) is 0 Å². The van der Waals surface area contributed by atoms with Crippen molar-refractivity contribution < 1.29 is 9.47 Å². The molecule has 1 fully saturated rings. The van der Waals surface area contributed by atoms with Crippen molar-refractivity contribution in [2.24, 2.45) is 0 Å². The van der Waals surface area contributed by atoms with Gasteiger partial charge >= 0.3 is 0 Å². The van der Waals surface area contributed by atoms with Crippen molar-refractivity contribution in [2.75, 3.05) is 43.6 Å². The van der Waals surface area contributed by atoms with E-state index in [1.165, 1.54) is 0 Å². The highest BCUT2D eigenvalue weighted by Crippen LogP contribution is 2.28. The average Bonchev–Trinajstić information content (AvgIpc) is 2.56. The number of hydrogen-bond acceptors (Lipinski definition) is 7. The van der Waals surface area contributed by atoms with Gasteiger partial charge in [-0.05, 0) is 18.2 Å². The van der Waals surface area contributed by atoms with Gasteiger partial charge in [-0.1, -0.05) is 11.6 Å². The van der Waals surface area contributed by atoms with Crippen LogP contribution in [-0.4, -0.2) is 48.6 Å². The molecule has 8 heteroatoms. The molecule has 0 saturated carbocycles. The third-order valence-electron chi connectivity index (χ3n) is 3.27. The van der Waals surface area contributed by atoms with Crippen molar-refractivity contribution in [3.63, 3.8) is 0 Å². The normalized spacial score (nSPS) is 14.7. The maximum Gasteiger partial charge on any atom is 0.247 e. The van der Waals surface area contributed by atoms with Gasteiger partial charge in [0.05, 0.1) is 31.5 Å². The van der Waals surface area contributed by atoms with Gasteiger partial charge in [-0.2, -0.15) is 10.1 Å². The first-order chi connectivity index (χ1) is 10.8. The van der Waals surface area contributed by atoms with E-state index in [9.17, 15) is 0 Å². The molecular formula is C14H16ClN5O2.